The molecule has 1 fully saturated rings. The van der Waals surface area contributed by atoms with Gasteiger partial charge in [-0.05, 0) is 12.8 Å². The Morgan fingerprint density at radius 3 is 2.45 bits per heavy atom. The average molecular weight is 468 g/mol. The molecule has 0 bridgehead atoms. The van der Waals surface area contributed by atoms with Crippen LogP contribution in [-0.4, -0.2) is 65.0 Å². The van der Waals surface area contributed by atoms with Gasteiger partial charge in [0.1, 0.15) is 18.8 Å². The van der Waals surface area contributed by atoms with Gasteiger partial charge >= 0.3 is 23.9 Å². The molecule has 33 heavy (non-hydrogen) atoms. The van der Waals surface area contributed by atoms with E-state index in [9.17, 15) is 24.3 Å². The van der Waals surface area contributed by atoms with Crippen molar-refractivity contribution >= 4 is 23.9 Å². The Bertz CT molecular complexity index is 787. The summed E-state index contributed by atoms with van der Waals surface area (Å²) in [5, 5.41) is 9.28. The molecule has 10 nitrogen and oxygen atoms in total. The minimum absolute atomic E-state index is 0.0730. The van der Waals surface area contributed by atoms with Crippen molar-refractivity contribution in [2.45, 2.75) is 84.3 Å². The van der Waals surface area contributed by atoms with Crippen LogP contribution in [0.15, 0.2) is 24.0 Å². The first kappa shape index (κ1) is 26.4. The first-order valence-corrected chi connectivity index (χ1v) is 11.2. The highest BCUT2D eigenvalue weighted by Gasteiger charge is 2.47. The molecule has 0 aliphatic carbocycles. The smallest absolute Gasteiger partial charge is 0.333 e. The second kappa shape index (κ2) is 12.4. The summed E-state index contributed by atoms with van der Waals surface area (Å²) in [5.74, 6) is -2.89. The van der Waals surface area contributed by atoms with Gasteiger partial charge in [0.25, 0.3) is 0 Å². The molecule has 0 aromatic heterocycles. The third-order valence-electron chi connectivity index (χ3n) is 5.64. The molecule has 10 heteroatoms. The molecule has 2 aliphatic heterocycles. The number of carbonyl (C=O) groups excluding carboxylic acids is 3. The first-order chi connectivity index (χ1) is 15.7. The van der Waals surface area contributed by atoms with Crippen LogP contribution in [0.25, 0.3) is 0 Å². The van der Waals surface area contributed by atoms with E-state index in [0.717, 1.165) is 0 Å². The SMILES string of the molecule is CCC(CC)OC(=O)CCC(=O)OC[C@H]1O[C@@H](N2C=CCC(C(=O)O)=C2)C(OC(C)=O)[C@@H]1C. The molecule has 2 heterocycles. The predicted octanol–water partition coefficient (Wildman–Crippen LogP) is 2.52. The molecular formula is C23H33NO9. The van der Waals surface area contributed by atoms with Crippen LogP contribution in [0.3, 0.4) is 0 Å². The highest BCUT2D eigenvalue weighted by atomic mass is 16.6. The number of hydrogen-bond donors (Lipinski definition) is 1. The summed E-state index contributed by atoms with van der Waals surface area (Å²) < 4.78 is 22.0. The van der Waals surface area contributed by atoms with E-state index in [2.05, 4.69) is 0 Å². The number of hydrogen-bond acceptors (Lipinski definition) is 9. The average Bonchev–Trinajstić information content (AvgIpc) is 3.09. The van der Waals surface area contributed by atoms with Crippen LogP contribution in [0.1, 0.15) is 59.8 Å². The number of carbonyl (C=O) groups is 4. The number of ether oxygens (including phenoxy) is 4. The van der Waals surface area contributed by atoms with E-state index in [1.165, 1.54) is 13.1 Å². The van der Waals surface area contributed by atoms with Gasteiger partial charge < -0.3 is 29.0 Å². The third kappa shape index (κ3) is 7.59. The molecule has 0 spiro atoms. The number of aliphatic carboxylic acids is 1. The quantitative estimate of drug-likeness (QED) is 0.357. The summed E-state index contributed by atoms with van der Waals surface area (Å²) in [6, 6.07) is 0. The summed E-state index contributed by atoms with van der Waals surface area (Å²) in [5.41, 5.74) is 0.172. The van der Waals surface area contributed by atoms with Crippen molar-refractivity contribution < 1.29 is 43.2 Å². The monoisotopic (exact) mass is 467 g/mol. The van der Waals surface area contributed by atoms with Crippen LogP contribution in [0.2, 0.25) is 0 Å². The Morgan fingerprint density at radius 1 is 1.18 bits per heavy atom. The Kier molecular flexibility index (Phi) is 9.90. The van der Waals surface area contributed by atoms with Gasteiger partial charge in [0.05, 0.1) is 18.4 Å². The van der Waals surface area contributed by atoms with Gasteiger partial charge in [-0.1, -0.05) is 26.8 Å². The number of carboxylic acid groups (broad SMARTS) is 1. The maximum Gasteiger partial charge on any atom is 0.333 e. The van der Waals surface area contributed by atoms with Gasteiger partial charge in [-0.15, -0.1) is 0 Å². The van der Waals surface area contributed by atoms with Crippen molar-refractivity contribution in [1.82, 2.24) is 4.90 Å². The standard InChI is InChI=1S/C23H33NO9/c1-5-17(6-2)32-20(27)10-9-19(26)30-13-18-14(3)21(31-15(4)25)22(33-18)24-11-7-8-16(12-24)23(28)29/h7,11-12,14,17-18,21-22H,5-6,8-10,13H2,1-4H3,(H,28,29)/t14-,18-,21?,22-/m1/s1. The topological polar surface area (TPSA) is 129 Å². The third-order valence-corrected chi connectivity index (χ3v) is 5.64. The van der Waals surface area contributed by atoms with Crippen molar-refractivity contribution in [3.8, 4) is 0 Å². The molecular weight excluding hydrogens is 434 g/mol. The lowest BCUT2D eigenvalue weighted by atomic mass is 10.00. The fraction of sp³-hybridized carbons (Fsp3) is 0.652. The molecule has 0 saturated carbocycles. The summed E-state index contributed by atoms with van der Waals surface area (Å²) in [6.07, 6.45) is 4.08. The Morgan fingerprint density at radius 2 is 1.85 bits per heavy atom. The minimum Gasteiger partial charge on any atom is -0.478 e. The molecule has 4 atom stereocenters. The number of nitrogens with zero attached hydrogens (tertiary/aromatic N) is 1. The second-order valence-electron chi connectivity index (χ2n) is 8.11. The zero-order valence-electron chi connectivity index (χ0n) is 19.5. The van der Waals surface area contributed by atoms with E-state index in [4.69, 9.17) is 18.9 Å². The summed E-state index contributed by atoms with van der Waals surface area (Å²) in [7, 11) is 0. The molecule has 0 amide bonds. The van der Waals surface area contributed by atoms with E-state index in [0.29, 0.717) is 12.8 Å². The summed E-state index contributed by atoms with van der Waals surface area (Å²) in [6.45, 7) is 6.83. The van der Waals surface area contributed by atoms with Gasteiger partial charge in [-0.2, -0.15) is 0 Å². The van der Waals surface area contributed by atoms with Gasteiger partial charge in [-0.3, -0.25) is 14.4 Å². The normalized spacial score (nSPS) is 24.4. The second-order valence-corrected chi connectivity index (χ2v) is 8.11. The lowest BCUT2D eigenvalue weighted by molar-refractivity contribution is -0.157. The molecule has 0 radical (unpaired) electrons. The summed E-state index contributed by atoms with van der Waals surface area (Å²) >= 11 is 0. The van der Waals surface area contributed by atoms with Crippen molar-refractivity contribution in [1.29, 1.82) is 0 Å². The molecule has 184 valence electrons. The van der Waals surface area contributed by atoms with Gasteiger partial charge in [0, 0.05) is 31.7 Å². The van der Waals surface area contributed by atoms with Crippen LogP contribution in [0.4, 0.5) is 0 Å². The number of esters is 3. The zero-order chi connectivity index (χ0) is 24.5. The van der Waals surface area contributed by atoms with Crippen LogP contribution in [0, 0.1) is 5.92 Å². The highest BCUT2D eigenvalue weighted by molar-refractivity contribution is 5.87. The van der Waals surface area contributed by atoms with Crippen molar-refractivity contribution in [3.63, 3.8) is 0 Å². The molecule has 1 N–H and O–H groups in total. The number of rotatable bonds is 11. The molecule has 1 unspecified atom stereocenters. The highest BCUT2D eigenvalue weighted by Crippen LogP contribution is 2.33. The van der Waals surface area contributed by atoms with E-state index in [1.54, 1.807) is 24.1 Å². The number of allylic oxidation sites excluding steroid dienone is 1. The largest absolute Gasteiger partial charge is 0.478 e. The van der Waals surface area contributed by atoms with Crippen molar-refractivity contribution in [2.75, 3.05) is 6.61 Å². The zero-order valence-corrected chi connectivity index (χ0v) is 19.5. The number of carboxylic acids is 1. The van der Waals surface area contributed by atoms with E-state index in [1.807, 2.05) is 13.8 Å². The van der Waals surface area contributed by atoms with Crippen molar-refractivity contribution in [2.24, 2.45) is 5.92 Å². The fourth-order valence-corrected chi connectivity index (χ4v) is 3.67. The molecule has 2 rings (SSSR count). The predicted molar refractivity (Wildman–Crippen MR) is 115 cm³/mol. The van der Waals surface area contributed by atoms with Gasteiger partial charge in [-0.25, -0.2) is 4.79 Å². The Labute approximate surface area is 193 Å². The van der Waals surface area contributed by atoms with Gasteiger partial charge in [0.15, 0.2) is 12.3 Å². The van der Waals surface area contributed by atoms with E-state index in [-0.39, 0.29) is 43.5 Å². The molecule has 0 aromatic rings. The Hall–Kier alpha value is -2.88. The van der Waals surface area contributed by atoms with E-state index >= 15 is 0 Å². The molecule has 0 aromatic carbocycles. The van der Waals surface area contributed by atoms with E-state index < -0.39 is 42.3 Å². The van der Waals surface area contributed by atoms with Gasteiger partial charge in [0.2, 0.25) is 0 Å². The first-order valence-electron chi connectivity index (χ1n) is 11.2. The van der Waals surface area contributed by atoms with Crippen LogP contribution in [0.5, 0.6) is 0 Å². The molecule has 1 saturated heterocycles. The van der Waals surface area contributed by atoms with Crippen molar-refractivity contribution in [3.05, 3.63) is 24.0 Å². The lowest BCUT2D eigenvalue weighted by Gasteiger charge is -2.30. The Balaban J connectivity index is 1.94. The van der Waals surface area contributed by atoms with Crippen LogP contribution < -0.4 is 0 Å². The maximum absolute atomic E-state index is 12.1. The lowest BCUT2D eigenvalue weighted by Crippen LogP contribution is -2.40. The van der Waals surface area contributed by atoms with Crippen LogP contribution >= 0.6 is 0 Å². The maximum atomic E-state index is 12.1. The summed E-state index contributed by atoms with van der Waals surface area (Å²) in [4.78, 5) is 48.5. The minimum atomic E-state index is -1.05. The molecule has 2 aliphatic rings. The fourth-order valence-electron chi connectivity index (χ4n) is 3.67. The van der Waals surface area contributed by atoms with Crippen LogP contribution in [-0.2, 0) is 38.1 Å².